The minimum absolute atomic E-state index is 0.0952. The second-order valence-electron chi connectivity index (χ2n) is 10.0. The second-order valence-corrected chi connectivity index (χ2v) is 10.0. The molecule has 2 saturated heterocycles. The molecule has 0 saturated carbocycles. The minimum atomic E-state index is 0.0952. The van der Waals surface area contributed by atoms with Crippen LogP contribution in [0.1, 0.15) is 67.2 Å². The zero-order valence-corrected chi connectivity index (χ0v) is 18.1. The van der Waals surface area contributed by atoms with Crippen LogP contribution >= 0.6 is 0 Å². The molecule has 0 aromatic rings. The molecule has 0 aromatic heterocycles. The number of hydrogen-bond acceptors (Lipinski definition) is 4. The molecule has 2 heterocycles. The van der Waals surface area contributed by atoms with Crippen LogP contribution in [0.2, 0.25) is 0 Å². The van der Waals surface area contributed by atoms with Crippen LogP contribution in [0.3, 0.4) is 0 Å². The number of carbonyl (C=O) groups is 1. The highest BCUT2D eigenvalue weighted by Gasteiger charge is 2.38. The van der Waals surface area contributed by atoms with Gasteiger partial charge in [-0.3, -0.25) is 14.6 Å². The summed E-state index contributed by atoms with van der Waals surface area (Å²) in [5.41, 5.74) is 0.376. The Hall–Kier alpha value is -0.650. The number of amides is 1. The smallest absolute Gasteiger partial charge is 0.217 e. The van der Waals surface area contributed by atoms with Gasteiger partial charge in [-0.15, -0.1) is 0 Å². The molecule has 0 bridgehead atoms. The van der Waals surface area contributed by atoms with Gasteiger partial charge in [0.1, 0.15) is 0 Å². The van der Waals surface area contributed by atoms with Crippen LogP contribution in [-0.4, -0.2) is 72.2 Å². The number of carbonyl (C=O) groups excluding carboxylic acids is 1. The van der Waals surface area contributed by atoms with Gasteiger partial charge in [-0.2, -0.15) is 0 Å². The number of nitrogens with one attached hydrogen (secondary N) is 1. The Morgan fingerprint density at radius 2 is 1.69 bits per heavy atom. The van der Waals surface area contributed by atoms with Gasteiger partial charge in [0.05, 0.1) is 6.10 Å². The van der Waals surface area contributed by atoms with Crippen molar-refractivity contribution in [3.63, 3.8) is 0 Å². The molecular formula is C21H41N3O2. The van der Waals surface area contributed by atoms with Crippen LogP contribution in [-0.2, 0) is 9.53 Å². The maximum Gasteiger partial charge on any atom is 0.217 e. The lowest BCUT2D eigenvalue weighted by molar-refractivity contribution is -0.120. The molecule has 2 aliphatic heterocycles. The number of hydrogen-bond donors (Lipinski definition) is 1. The summed E-state index contributed by atoms with van der Waals surface area (Å²) < 4.78 is 5.76. The van der Waals surface area contributed by atoms with Gasteiger partial charge < -0.3 is 10.1 Å². The third-order valence-electron chi connectivity index (χ3n) is 6.33. The normalized spacial score (nSPS) is 27.5. The fraction of sp³-hybridized carbons (Fsp3) is 0.952. The van der Waals surface area contributed by atoms with Crippen molar-refractivity contribution in [2.24, 2.45) is 5.92 Å². The molecule has 2 rings (SSSR count). The Balaban J connectivity index is 1.94. The topological polar surface area (TPSA) is 44.8 Å². The Kier molecular flexibility index (Phi) is 7.14. The second kappa shape index (κ2) is 8.57. The highest BCUT2D eigenvalue weighted by Crippen LogP contribution is 2.33. The molecule has 0 aromatic carbocycles. The lowest BCUT2D eigenvalue weighted by Gasteiger charge is -2.49. The number of ether oxygens (including phenoxy) is 1. The molecule has 2 atom stereocenters. The number of nitrogens with zero attached hydrogens (tertiary/aromatic N) is 2. The van der Waals surface area contributed by atoms with E-state index in [1.807, 2.05) is 7.11 Å². The van der Waals surface area contributed by atoms with Crippen molar-refractivity contribution in [2.45, 2.75) is 90.4 Å². The van der Waals surface area contributed by atoms with E-state index in [1.165, 1.54) is 6.42 Å². The average molecular weight is 368 g/mol. The number of likely N-dealkylation sites (tertiary alicyclic amines) is 2. The van der Waals surface area contributed by atoms with Crippen LogP contribution in [0.5, 0.6) is 0 Å². The zero-order chi connectivity index (χ0) is 19.5. The molecule has 0 spiro atoms. The van der Waals surface area contributed by atoms with E-state index in [2.05, 4.69) is 49.7 Å². The first-order valence-corrected chi connectivity index (χ1v) is 10.3. The molecule has 2 fully saturated rings. The molecule has 0 radical (unpaired) electrons. The van der Waals surface area contributed by atoms with E-state index in [0.29, 0.717) is 18.1 Å². The number of rotatable bonds is 5. The maximum absolute atomic E-state index is 11.3. The Bertz CT molecular complexity index is 464. The summed E-state index contributed by atoms with van der Waals surface area (Å²) in [7, 11) is 1.85. The standard InChI is InChI=1S/C21H41N3O2/c1-16(25)22-18-8-10-23(11-9-18)21(5,6)13-17-12-19(26-7)15-24(14-17)20(2,3)4/h17-19H,8-15H2,1-7H3,(H,22,25). The van der Waals surface area contributed by atoms with Crippen molar-refractivity contribution in [1.29, 1.82) is 0 Å². The summed E-state index contributed by atoms with van der Waals surface area (Å²) in [6.07, 6.45) is 4.82. The summed E-state index contributed by atoms with van der Waals surface area (Å²) in [6, 6.07) is 0.350. The first kappa shape index (κ1) is 21.6. The van der Waals surface area contributed by atoms with E-state index < -0.39 is 0 Å². The summed E-state index contributed by atoms with van der Waals surface area (Å²) >= 11 is 0. The van der Waals surface area contributed by atoms with Crippen LogP contribution in [0.25, 0.3) is 0 Å². The minimum Gasteiger partial charge on any atom is -0.380 e. The van der Waals surface area contributed by atoms with Gasteiger partial charge in [-0.05, 0) is 66.2 Å². The molecule has 152 valence electrons. The van der Waals surface area contributed by atoms with E-state index in [4.69, 9.17) is 4.74 Å². The van der Waals surface area contributed by atoms with Crippen LogP contribution in [0.15, 0.2) is 0 Å². The average Bonchev–Trinajstić information content (AvgIpc) is 2.53. The molecule has 2 aliphatic rings. The quantitative estimate of drug-likeness (QED) is 0.811. The first-order valence-electron chi connectivity index (χ1n) is 10.3. The number of methoxy groups -OCH3 is 1. The summed E-state index contributed by atoms with van der Waals surface area (Å²) in [4.78, 5) is 16.5. The molecule has 2 unspecified atom stereocenters. The predicted octanol–water partition coefficient (Wildman–Crippen LogP) is 2.89. The largest absolute Gasteiger partial charge is 0.380 e. The third-order valence-corrected chi connectivity index (χ3v) is 6.33. The van der Waals surface area contributed by atoms with Gasteiger partial charge in [0.25, 0.3) is 0 Å². The van der Waals surface area contributed by atoms with Crippen molar-refractivity contribution >= 4 is 5.91 Å². The summed E-state index contributed by atoms with van der Waals surface area (Å²) in [5, 5.41) is 3.08. The van der Waals surface area contributed by atoms with Crippen LogP contribution in [0.4, 0.5) is 0 Å². The zero-order valence-electron chi connectivity index (χ0n) is 18.1. The number of piperidine rings is 2. The lowest BCUT2D eigenvalue weighted by Crippen LogP contribution is -2.56. The molecule has 1 amide bonds. The van der Waals surface area contributed by atoms with E-state index in [9.17, 15) is 4.79 Å². The van der Waals surface area contributed by atoms with E-state index in [0.717, 1.165) is 45.4 Å². The van der Waals surface area contributed by atoms with Gasteiger partial charge in [0.2, 0.25) is 5.91 Å². The highest BCUT2D eigenvalue weighted by molar-refractivity contribution is 5.73. The fourth-order valence-corrected chi connectivity index (χ4v) is 4.77. The molecule has 26 heavy (non-hydrogen) atoms. The van der Waals surface area contributed by atoms with Gasteiger partial charge in [0.15, 0.2) is 0 Å². The van der Waals surface area contributed by atoms with Gasteiger partial charge in [0, 0.05) is 57.3 Å². The fourth-order valence-electron chi connectivity index (χ4n) is 4.77. The predicted molar refractivity (Wildman–Crippen MR) is 107 cm³/mol. The summed E-state index contributed by atoms with van der Waals surface area (Å²) in [5.74, 6) is 0.758. The van der Waals surface area contributed by atoms with Crippen molar-refractivity contribution in [3.8, 4) is 0 Å². The van der Waals surface area contributed by atoms with Gasteiger partial charge in [-0.25, -0.2) is 0 Å². The molecule has 5 heteroatoms. The lowest BCUT2D eigenvalue weighted by atomic mass is 9.81. The molecular weight excluding hydrogens is 326 g/mol. The van der Waals surface area contributed by atoms with Crippen molar-refractivity contribution in [3.05, 3.63) is 0 Å². The molecule has 0 aliphatic carbocycles. The monoisotopic (exact) mass is 367 g/mol. The van der Waals surface area contributed by atoms with Crippen molar-refractivity contribution in [1.82, 2.24) is 15.1 Å². The van der Waals surface area contributed by atoms with Gasteiger partial charge in [-0.1, -0.05) is 0 Å². The van der Waals surface area contributed by atoms with E-state index in [1.54, 1.807) is 6.92 Å². The third kappa shape index (κ3) is 5.93. The highest BCUT2D eigenvalue weighted by atomic mass is 16.5. The van der Waals surface area contributed by atoms with Crippen molar-refractivity contribution < 1.29 is 9.53 Å². The SMILES string of the molecule is COC1CC(CC(C)(C)N2CCC(NC(C)=O)CC2)CN(C(C)(C)C)C1. The van der Waals surface area contributed by atoms with Crippen molar-refractivity contribution in [2.75, 3.05) is 33.3 Å². The Morgan fingerprint density at radius 3 is 2.19 bits per heavy atom. The molecule has 1 N–H and O–H groups in total. The van der Waals surface area contributed by atoms with E-state index >= 15 is 0 Å². The van der Waals surface area contributed by atoms with Gasteiger partial charge >= 0.3 is 0 Å². The molecule has 5 nitrogen and oxygen atoms in total. The Labute approximate surface area is 160 Å². The Morgan fingerprint density at radius 1 is 1.08 bits per heavy atom. The summed E-state index contributed by atoms with van der Waals surface area (Å²) in [6.45, 7) is 17.7. The van der Waals surface area contributed by atoms with Crippen LogP contribution in [0, 0.1) is 5.92 Å². The maximum atomic E-state index is 11.3. The van der Waals surface area contributed by atoms with Crippen LogP contribution < -0.4 is 5.32 Å². The first-order chi connectivity index (χ1) is 12.0. The van der Waals surface area contributed by atoms with E-state index in [-0.39, 0.29) is 17.0 Å².